The van der Waals surface area contributed by atoms with E-state index in [0.717, 1.165) is 65.3 Å². The van der Waals surface area contributed by atoms with Crippen molar-refractivity contribution < 1.29 is 25.0 Å². The molecular weight excluding hydrogens is 649 g/mol. The number of aliphatic hydroxyl groups excluding tert-OH is 4. The average Bonchev–Trinajstić information content (AvgIpc) is 3.12. The van der Waals surface area contributed by atoms with Gasteiger partial charge in [0.1, 0.15) is 0 Å². The highest BCUT2D eigenvalue weighted by molar-refractivity contribution is 8.76. The van der Waals surface area contributed by atoms with E-state index in [9.17, 15) is 20.4 Å². The van der Waals surface area contributed by atoms with Crippen LogP contribution in [-0.2, 0) is 6.54 Å². The summed E-state index contributed by atoms with van der Waals surface area (Å²) < 4.78 is 2.14. The molecule has 14 heteroatoms. The van der Waals surface area contributed by atoms with Crippen molar-refractivity contribution in [2.75, 3.05) is 87.0 Å². The van der Waals surface area contributed by atoms with Gasteiger partial charge < -0.3 is 35.1 Å². The molecule has 3 aromatic rings. The second kappa shape index (κ2) is 21.2. The van der Waals surface area contributed by atoms with Gasteiger partial charge in [-0.1, -0.05) is 21.6 Å². The summed E-state index contributed by atoms with van der Waals surface area (Å²) in [6.07, 6.45) is 10.2. The molecule has 0 fully saturated rings. The molecule has 1 aromatic heterocycles. The quantitative estimate of drug-likeness (QED) is 0.0533. The van der Waals surface area contributed by atoms with Crippen LogP contribution in [-0.4, -0.2) is 103 Å². The highest BCUT2D eigenvalue weighted by Gasteiger charge is 2.08. The number of allylic oxidation sites excluding steroid dienone is 1. The summed E-state index contributed by atoms with van der Waals surface area (Å²) in [5, 5.41) is 54.3. The lowest BCUT2D eigenvalue weighted by atomic mass is 10.2. The zero-order chi connectivity index (χ0) is 33.8. The largest absolute Gasteiger partial charge is 0.395 e. The highest BCUT2D eigenvalue weighted by Crippen LogP contribution is 2.24. The normalized spacial score (nSPS) is 13.1. The summed E-state index contributed by atoms with van der Waals surface area (Å²) in [7, 11) is 3.74. The van der Waals surface area contributed by atoms with Crippen LogP contribution in [0.25, 0.3) is 0 Å². The minimum atomic E-state index is 0.0269. The first-order valence-electron chi connectivity index (χ1n) is 15.9. The van der Waals surface area contributed by atoms with Gasteiger partial charge in [0.2, 0.25) is 0 Å². The molecule has 0 saturated heterocycles. The Bertz CT molecular complexity index is 1460. The van der Waals surface area contributed by atoms with E-state index in [0.29, 0.717) is 26.2 Å². The van der Waals surface area contributed by atoms with Gasteiger partial charge in [-0.3, -0.25) is 0 Å². The van der Waals surface area contributed by atoms with Gasteiger partial charge in [-0.05, 0) is 60.7 Å². The van der Waals surface area contributed by atoms with E-state index in [2.05, 4.69) is 42.2 Å². The second-order valence-corrected chi connectivity index (χ2v) is 13.4. The van der Waals surface area contributed by atoms with E-state index >= 15 is 0 Å². The summed E-state index contributed by atoms with van der Waals surface area (Å²) >= 11 is 0. The molecule has 0 saturated carbocycles. The number of aliphatic hydroxyl groups is 4. The minimum Gasteiger partial charge on any atom is -0.395 e. The zero-order valence-corrected chi connectivity index (χ0v) is 28.7. The lowest BCUT2D eigenvalue weighted by Crippen LogP contribution is -2.33. The van der Waals surface area contributed by atoms with Crippen molar-refractivity contribution in [3.63, 3.8) is 0 Å². The zero-order valence-electron chi connectivity index (χ0n) is 27.0. The minimum absolute atomic E-state index is 0.0269. The molecule has 0 amide bonds. The maximum Gasteiger partial charge on any atom is 0.171 e. The van der Waals surface area contributed by atoms with E-state index in [1.165, 1.54) is 0 Å². The molecule has 0 aliphatic carbocycles. The van der Waals surface area contributed by atoms with Crippen molar-refractivity contribution in [3.05, 3.63) is 97.1 Å². The Hall–Kier alpha value is -3.79. The number of aryl methyl sites for hydroxylation is 1. The van der Waals surface area contributed by atoms with Crippen LogP contribution in [0.4, 0.5) is 28.4 Å². The molecule has 0 unspecified atom stereocenters. The van der Waals surface area contributed by atoms with Gasteiger partial charge in [-0.2, -0.15) is 20.5 Å². The average molecular weight is 694 g/mol. The van der Waals surface area contributed by atoms with Crippen LogP contribution in [0.5, 0.6) is 0 Å². The molecule has 4 N–H and O–H groups in total. The summed E-state index contributed by atoms with van der Waals surface area (Å²) in [6.45, 7) is 4.63. The summed E-state index contributed by atoms with van der Waals surface area (Å²) in [5.41, 5.74) is 4.95. The van der Waals surface area contributed by atoms with Crippen molar-refractivity contribution in [1.29, 1.82) is 0 Å². The van der Waals surface area contributed by atoms with Crippen LogP contribution in [0, 0.1) is 0 Å². The predicted octanol–water partition coefficient (Wildman–Crippen LogP) is 4.85. The number of anilines is 2. The number of pyridine rings is 1. The molecule has 1 aliphatic rings. The third-order valence-corrected chi connectivity index (χ3v) is 9.68. The van der Waals surface area contributed by atoms with E-state index in [-0.39, 0.29) is 26.4 Å². The molecule has 0 bridgehead atoms. The molecule has 48 heavy (non-hydrogen) atoms. The van der Waals surface area contributed by atoms with Gasteiger partial charge in [0, 0.05) is 74.7 Å². The standard InChI is InChI=1S/C34H45N8O4S2/c43-23-17-41(18-24-44)33-5-1-29(2-6-33)35-37-31-9-13-39(14-10-31)21-27-47-48-28-22-40-15-11-32(12-16-40)38-36-30-3-7-34(8-4-30)42(19-25-45)20-26-46/h1-15,43-46H,16-28H2/q+1. The Morgan fingerprint density at radius 3 is 1.58 bits per heavy atom. The Morgan fingerprint density at radius 2 is 1.10 bits per heavy atom. The number of benzene rings is 2. The molecular formula is C34H45N8O4S2+. The monoisotopic (exact) mass is 693 g/mol. The van der Waals surface area contributed by atoms with Gasteiger partial charge in [0.05, 0.1) is 54.9 Å². The Balaban J connectivity index is 1.09. The molecule has 256 valence electrons. The summed E-state index contributed by atoms with van der Waals surface area (Å²) in [5.74, 6) is 2.01. The first-order valence-corrected chi connectivity index (χ1v) is 18.4. The predicted molar refractivity (Wildman–Crippen MR) is 195 cm³/mol. The second-order valence-electron chi connectivity index (χ2n) is 10.7. The van der Waals surface area contributed by atoms with Gasteiger partial charge in [0.15, 0.2) is 18.9 Å². The lowest BCUT2D eigenvalue weighted by molar-refractivity contribution is -0.692. The molecule has 0 spiro atoms. The van der Waals surface area contributed by atoms with E-state index in [1.807, 2.05) is 111 Å². The lowest BCUT2D eigenvalue weighted by Gasteiger charge is -2.22. The fraction of sp³-hybridized carbons (Fsp3) is 0.382. The van der Waals surface area contributed by atoms with E-state index in [4.69, 9.17) is 0 Å². The van der Waals surface area contributed by atoms with Crippen LogP contribution in [0.15, 0.2) is 118 Å². The van der Waals surface area contributed by atoms with E-state index < -0.39 is 0 Å². The van der Waals surface area contributed by atoms with Gasteiger partial charge in [-0.15, -0.1) is 0 Å². The molecule has 2 aromatic carbocycles. The SMILES string of the molecule is OCCN(CCO)c1ccc(N=NC2=CCN(CCSSCC[n+]3ccc(N=Nc4ccc(N(CCO)CCO)cc4)cc3)C=C2)cc1. The molecule has 2 heterocycles. The fourth-order valence-electron chi connectivity index (χ4n) is 4.76. The maximum absolute atomic E-state index is 9.23. The Labute approximate surface area is 290 Å². The number of aromatic nitrogens is 1. The topological polar surface area (TPSA) is 144 Å². The van der Waals surface area contributed by atoms with Gasteiger partial charge in [-0.25, -0.2) is 4.57 Å². The van der Waals surface area contributed by atoms with Crippen molar-refractivity contribution in [1.82, 2.24) is 4.90 Å². The molecule has 4 rings (SSSR count). The van der Waals surface area contributed by atoms with Crippen molar-refractivity contribution in [3.8, 4) is 0 Å². The van der Waals surface area contributed by atoms with E-state index in [1.54, 1.807) is 0 Å². The molecule has 0 radical (unpaired) electrons. The number of azo groups is 2. The van der Waals surface area contributed by atoms with Crippen molar-refractivity contribution >= 4 is 50.0 Å². The van der Waals surface area contributed by atoms with Crippen LogP contribution < -0.4 is 14.4 Å². The smallest absolute Gasteiger partial charge is 0.171 e. The number of nitrogens with zero attached hydrogens (tertiary/aromatic N) is 8. The number of rotatable bonds is 21. The third-order valence-electron chi connectivity index (χ3n) is 7.31. The summed E-state index contributed by atoms with van der Waals surface area (Å²) in [4.78, 5) is 6.10. The van der Waals surface area contributed by atoms with Crippen molar-refractivity contribution in [2.24, 2.45) is 20.5 Å². The maximum atomic E-state index is 9.23. The van der Waals surface area contributed by atoms with Crippen molar-refractivity contribution in [2.45, 2.75) is 6.54 Å². The highest BCUT2D eigenvalue weighted by atomic mass is 33.1. The fourth-order valence-corrected chi connectivity index (χ4v) is 6.74. The molecule has 0 atom stereocenters. The Kier molecular flexibility index (Phi) is 16.4. The Morgan fingerprint density at radius 1 is 0.625 bits per heavy atom. The van der Waals surface area contributed by atoms with Crippen LogP contribution >= 0.6 is 21.6 Å². The molecule has 12 nitrogen and oxygen atoms in total. The number of hydrogen-bond donors (Lipinski definition) is 4. The third kappa shape index (κ3) is 12.7. The van der Waals surface area contributed by atoms with Crippen LogP contribution in [0.3, 0.4) is 0 Å². The number of hydrogen-bond acceptors (Lipinski definition) is 13. The first-order chi connectivity index (χ1) is 23.6. The first kappa shape index (κ1) is 37.0. The molecule has 1 aliphatic heterocycles. The van der Waals surface area contributed by atoms with Gasteiger partial charge >= 0.3 is 0 Å². The van der Waals surface area contributed by atoms with Crippen LogP contribution in [0.2, 0.25) is 0 Å². The summed E-state index contributed by atoms with van der Waals surface area (Å²) in [6, 6.07) is 19.1. The van der Waals surface area contributed by atoms with Gasteiger partial charge in [0.25, 0.3) is 0 Å². The van der Waals surface area contributed by atoms with Crippen LogP contribution in [0.1, 0.15) is 0 Å².